The molecule has 0 saturated carbocycles. The fourth-order valence-electron chi connectivity index (χ4n) is 1.37. The van der Waals surface area contributed by atoms with E-state index >= 15 is 0 Å². The van der Waals surface area contributed by atoms with Gasteiger partial charge >= 0.3 is 5.24 Å². The van der Waals surface area contributed by atoms with Crippen LogP contribution in [0.2, 0.25) is 0 Å². The first-order valence-electron chi connectivity index (χ1n) is 5.16. The fourth-order valence-corrected chi connectivity index (χ4v) is 1.85. The van der Waals surface area contributed by atoms with Crippen LogP contribution in [0, 0.1) is 0 Å². The van der Waals surface area contributed by atoms with Gasteiger partial charge in [-0.2, -0.15) is 9.67 Å². The average molecular weight is 314 g/mol. The summed E-state index contributed by atoms with van der Waals surface area (Å²) in [6, 6.07) is 6.43. The lowest BCUT2D eigenvalue weighted by Crippen LogP contribution is -2.08. The predicted octanol–water partition coefficient (Wildman–Crippen LogP) is 1.05. The highest BCUT2D eigenvalue weighted by atomic mass is 32.2. The van der Waals surface area contributed by atoms with Crippen LogP contribution in [-0.2, 0) is 11.3 Å². The van der Waals surface area contributed by atoms with Crippen LogP contribution < -0.4 is 15.8 Å². The number of nitrogens with one attached hydrogen (secondary N) is 2. The molecule has 0 fully saturated rings. The Bertz CT molecular complexity index is 656. The maximum atomic E-state index is 11.0. The molecular weight excluding hydrogens is 304 g/mol. The normalized spacial score (nSPS) is 11.9. The molecule has 1 heterocycles. The summed E-state index contributed by atoms with van der Waals surface area (Å²) in [5, 5.41) is 5.99. The lowest BCUT2D eigenvalue weighted by Gasteiger charge is -2.04. The zero-order valence-electron chi connectivity index (χ0n) is 9.85. The van der Waals surface area contributed by atoms with Crippen molar-refractivity contribution in [3.05, 3.63) is 24.3 Å². The number of rotatable bonds is 4. The molecule has 11 heteroatoms. The van der Waals surface area contributed by atoms with Crippen molar-refractivity contribution >= 4 is 52.4 Å². The third kappa shape index (κ3) is 3.46. The first kappa shape index (κ1) is 14.3. The minimum Gasteiger partial charge on any atom is -0.368 e. The Morgan fingerprint density at radius 2 is 1.95 bits per heavy atom. The minimum absolute atomic E-state index is 0.0820. The highest BCUT2D eigenvalue weighted by Crippen LogP contribution is 2.17. The minimum atomic E-state index is -2.13. The summed E-state index contributed by atoms with van der Waals surface area (Å²) in [5.74, 6) is 0.0535. The van der Waals surface area contributed by atoms with E-state index in [-0.39, 0.29) is 11.9 Å². The third-order valence-electron chi connectivity index (χ3n) is 2.16. The van der Waals surface area contributed by atoms with Gasteiger partial charge in [-0.25, -0.2) is 4.21 Å². The Kier molecular flexibility index (Phi) is 4.22. The summed E-state index contributed by atoms with van der Waals surface area (Å²) in [4.78, 5) is 14.9. The molecule has 1 aromatic carbocycles. The van der Waals surface area contributed by atoms with Gasteiger partial charge in [-0.3, -0.25) is 14.1 Å². The molecule has 0 aliphatic rings. The third-order valence-corrected chi connectivity index (χ3v) is 2.76. The van der Waals surface area contributed by atoms with Crippen LogP contribution in [0.25, 0.3) is 0 Å². The second-order valence-electron chi connectivity index (χ2n) is 3.54. The van der Waals surface area contributed by atoms with Gasteiger partial charge in [0.2, 0.25) is 11.9 Å². The van der Waals surface area contributed by atoms with E-state index in [9.17, 15) is 9.00 Å². The molecule has 20 heavy (non-hydrogen) atoms. The molecule has 106 valence electrons. The van der Waals surface area contributed by atoms with E-state index in [0.29, 0.717) is 11.4 Å². The number of carbonyl (C=O) groups is 1. The number of hydrogen-bond acceptors (Lipinski definition) is 6. The van der Waals surface area contributed by atoms with Crippen LogP contribution in [0.4, 0.5) is 28.1 Å². The first-order valence-corrected chi connectivity index (χ1v) is 6.71. The molecule has 0 radical (unpaired) electrons. The van der Waals surface area contributed by atoms with E-state index < -0.39 is 16.5 Å². The van der Waals surface area contributed by atoms with Gasteiger partial charge in [0.15, 0.2) is 0 Å². The van der Waals surface area contributed by atoms with Gasteiger partial charge in [0.25, 0.3) is 11.3 Å². The molecular formula is C9H10N6O3S2. The topological polar surface area (TPSA) is 135 Å². The quantitative estimate of drug-likeness (QED) is 0.420. The Hall–Kier alpha value is -2.11. The SMILES string of the molecule is Nc1nc(Nc2ccc(NS(=O)O)cc2)nn1C(=O)S. The van der Waals surface area contributed by atoms with Gasteiger partial charge in [-0.05, 0) is 24.3 Å². The number of nitrogens with zero attached hydrogens (tertiary/aromatic N) is 3. The molecule has 5 N–H and O–H groups in total. The summed E-state index contributed by atoms with van der Waals surface area (Å²) in [7, 11) is 0. The van der Waals surface area contributed by atoms with Crippen LogP contribution in [0.15, 0.2) is 24.3 Å². The second kappa shape index (κ2) is 5.90. The number of anilines is 4. The number of aromatic nitrogens is 3. The van der Waals surface area contributed by atoms with E-state index in [1.807, 2.05) is 0 Å². The molecule has 1 aromatic heterocycles. The Labute approximate surface area is 121 Å². The number of benzene rings is 1. The largest absolute Gasteiger partial charge is 0.368 e. The summed E-state index contributed by atoms with van der Waals surface area (Å²) >= 11 is 1.47. The molecule has 1 unspecified atom stereocenters. The Morgan fingerprint density at radius 1 is 1.35 bits per heavy atom. The maximum absolute atomic E-state index is 11.0. The molecule has 0 aliphatic carbocycles. The van der Waals surface area contributed by atoms with Gasteiger partial charge in [-0.1, -0.05) is 12.6 Å². The van der Waals surface area contributed by atoms with Crippen molar-refractivity contribution in [2.75, 3.05) is 15.8 Å². The molecule has 2 rings (SSSR count). The van der Waals surface area contributed by atoms with Crippen molar-refractivity contribution in [2.24, 2.45) is 0 Å². The van der Waals surface area contributed by atoms with Crippen molar-refractivity contribution in [3.63, 3.8) is 0 Å². The van der Waals surface area contributed by atoms with E-state index in [2.05, 4.69) is 32.8 Å². The molecule has 2 aromatic rings. The van der Waals surface area contributed by atoms with Gasteiger partial charge in [0, 0.05) is 11.4 Å². The van der Waals surface area contributed by atoms with Crippen molar-refractivity contribution in [1.82, 2.24) is 14.8 Å². The smallest absolute Gasteiger partial charge is 0.306 e. The van der Waals surface area contributed by atoms with Crippen molar-refractivity contribution in [3.8, 4) is 0 Å². The molecule has 0 bridgehead atoms. The highest BCUT2D eigenvalue weighted by molar-refractivity contribution is 7.96. The Balaban J connectivity index is 2.12. The lowest BCUT2D eigenvalue weighted by molar-refractivity contribution is 0.260. The van der Waals surface area contributed by atoms with E-state index in [4.69, 9.17) is 10.3 Å². The molecule has 0 saturated heterocycles. The second-order valence-corrected chi connectivity index (χ2v) is 4.63. The number of thiol groups is 1. The van der Waals surface area contributed by atoms with Crippen molar-refractivity contribution in [1.29, 1.82) is 0 Å². The number of nitrogen functional groups attached to an aromatic ring is 1. The summed E-state index contributed by atoms with van der Waals surface area (Å²) in [6.07, 6.45) is 0. The summed E-state index contributed by atoms with van der Waals surface area (Å²) in [6.45, 7) is 0. The summed E-state index contributed by atoms with van der Waals surface area (Å²) in [5.41, 5.74) is 6.57. The van der Waals surface area contributed by atoms with Gasteiger partial charge in [-0.15, -0.1) is 5.10 Å². The Morgan fingerprint density at radius 3 is 2.45 bits per heavy atom. The molecule has 9 nitrogen and oxygen atoms in total. The molecule has 0 amide bonds. The molecule has 1 atom stereocenters. The van der Waals surface area contributed by atoms with Gasteiger partial charge < -0.3 is 11.1 Å². The van der Waals surface area contributed by atoms with Crippen molar-refractivity contribution < 1.29 is 13.6 Å². The highest BCUT2D eigenvalue weighted by Gasteiger charge is 2.10. The fraction of sp³-hybridized carbons (Fsp3) is 0. The summed E-state index contributed by atoms with van der Waals surface area (Å²) < 4.78 is 22.4. The standard InChI is InChI=1S/C9H10N6O3S2/c10-7-12-8(13-15(7)9(16)19)11-5-1-3-6(4-2-5)14-20(17)18/h1-4,14H,(H,16,19)(H,17,18)(H3,10,11,12,13). The van der Waals surface area contributed by atoms with Gasteiger partial charge in [0.1, 0.15) is 0 Å². The predicted molar refractivity (Wildman–Crippen MR) is 78.3 cm³/mol. The molecule has 0 spiro atoms. The zero-order valence-corrected chi connectivity index (χ0v) is 11.6. The van der Waals surface area contributed by atoms with E-state index in [0.717, 1.165) is 4.68 Å². The van der Waals surface area contributed by atoms with Crippen LogP contribution in [0.1, 0.15) is 0 Å². The van der Waals surface area contributed by atoms with E-state index in [1.54, 1.807) is 24.3 Å². The maximum Gasteiger partial charge on any atom is 0.306 e. The van der Waals surface area contributed by atoms with Gasteiger partial charge in [0.05, 0.1) is 0 Å². The first-order chi connectivity index (χ1) is 9.45. The average Bonchev–Trinajstić information content (AvgIpc) is 2.72. The number of nitrogens with two attached hydrogens (primary N) is 1. The number of hydrogen-bond donors (Lipinski definition) is 5. The number of carbonyl (C=O) groups excluding carboxylic acids is 1. The van der Waals surface area contributed by atoms with Crippen LogP contribution >= 0.6 is 12.6 Å². The van der Waals surface area contributed by atoms with Crippen molar-refractivity contribution in [2.45, 2.75) is 0 Å². The lowest BCUT2D eigenvalue weighted by atomic mass is 10.3. The van der Waals surface area contributed by atoms with Crippen LogP contribution in [0.5, 0.6) is 0 Å². The van der Waals surface area contributed by atoms with E-state index in [1.165, 1.54) is 0 Å². The van der Waals surface area contributed by atoms with Crippen LogP contribution in [0.3, 0.4) is 0 Å². The van der Waals surface area contributed by atoms with Crippen LogP contribution in [-0.4, -0.2) is 28.8 Å². The zero-order chi connectivity index (χ0) is 14.7. The monoisotopic (exact) mass is 314 g/mol. The molecule has 0 aliphatic heterocycles.